The van der Waals surface area contributed by atoms with Gasteiger partial charge in [-0.3, -0.25) is 14.5 Å². The van der Waals surface area contributed by atoms with Crippen LogP contribution >= 0.6 is 0 Å². The first-order valence-corrected chi connectivity index (χ1v) is 12.7. The van der Waals surface area contributed by atoms with E-state index < -0.39 is 0 Å². The fraction of sp³-hybridized carbons (Fsp3) is 0.464. The molecule has 2 heterocycles. The number of halogens is 1. The minimum atomic E-state index is -0.385. The average Bonchev–Trinajstić information content (AvgIpc) is 3.26. The van der Waals surface area contributed by atoms with Crippen molar-refractivity contribution in [3.8, 4) is 0 Å². The van der Waals surface area contributed by atoms with E-state index >= 15 is 0 Å². The number of fused-ring (bicyclic) bond motifs is 1. The molecule has 1 saturated carbocycles. The summed E-state index contributed by atoms with van der Waals surface area (Å²) in [6.45, 7) is 4.18. The number of benzene rings is 2. The van der Waals surface area contributed by atoms with E-state index in [2.05, 4.69) is 33.0 Å². The predicted molar refractivity (Wildman–Crippen MR) is 135 cm³/mol. The first-order valence-electron chi connectivity index (χ1n) is 12.7. The molecule has 0 N–H and O–H groups in total. The number of esters is 1. The molecule has 0 unspecified atom stereocenters. The number of aliphatic imine (C=N–C) groups is 1. The molecule has 36 heavy (non-hydrogen) atoms. The summed E-state index contributed by atoms with van der Waals surface area (Å²) in [4.78, 5) is 34.2. The van der Waals surface area contributed by atoms with Gasteiger partial charge in [-0.1, -0.05) is 12.1 Å². The largest absolute Gasteiger partial charge is 0.469 e. The molecule has 0 spiro atoms. The second-order valence-electron chi connectivity index (χ2n) is 9.77. The highest BCUT2D eigenvalue weighted by atomic mass is 19.1. The highest BCUT2D eigenvalue weighted by molar-refractivity contribution is 6.12. The van der Waals surface area contributed by atoms with E-state index in [-0.39, 0.29) is 29.7 Å². The number of ether oxygens (including phenoxy) is 2. The Bertz CT molecular complexity index is 1140. The fourth-order valence-corrected chi connectivity index (χ4v) is 5.51. The Morgan fingerprint density at radius 1 is 1.06 bits per heavy atom. The van der Waals surface area contributed by atoms with Crippen LogP contribution in [0.25, 0.3) is 0 Å². The van der Waals surface area contributed by atoms with Crippen molar-refractivity contribution >= 4 is 23.4 Å². The number of anilines is 1. The number of amidine groups is 1. The molecule has 7 nitrogen and oxygen atoms in total. The van der Waals surface area contributed by atoms with Gasteiger partial charge in [0.1, 0.15) is 11.7 Å². The van der Waals surface area contributed by atoms with Crippen LogP contribution in [0.3, 0.4) is 0 Å². The normalized spacial score (nSPS) is 23.5. The third kappa shape index (κ3) is 5.34. The minimum absolute atomic E-state index is 0.0813. The summed E-state index contributed by atoms with van der Waals surface area (Å²) in [5, 5.41) is 0. The lowest BCUT2D eigenvalue weighted by Crippen LogP contribution is -2.42. The van der Waals surface area contributed by atoms with Gasteiger partial charge in [-0.15, -0.1) is 0 Å². The topological polar surface area (TPSA) is 71.4 Å². The number of hydrogen-bond acceptors (Lipinski definition) is 5. The zero-order chi connectivity index (χ0) is 25.1. The van der Waals surface area contributed by atoms with Crippen LogP contribution in [-0.2, 0) is 27.2 Å². The van der Waals surface area contributed by atoms with Crippen LogP contribution in [0.4, 0.5) is 10.1 Å². The maximum Gasteiger partial charge on any atom is 0.308 e. The van der Waals surface area contributed by atoms with Crippen LogP contribution in [0.1, 0.15) is 47.2 Å². The van der Waals surface area contributed by atoms with Gasteiger partial charge in [-0.05, 0) is 67.1 Å². The van der Waals surface area contributed by atoms with Crippen molar-refractivity contribution in [2.75, 3.05) is 38.3 Å². The summed E-state index contributed by atoms with van der Waals surface area (Å²) in [5.41, 5.74) is 3.81. The fourth-order valence-electron chi connectivity index (χ4n) is 5.51. The number of methoxy groups -OCH3 is 1. The summed E-state index contributed by atoms with van der Waals surface area (Å²) >= 11 is 0. The number of carbonyl (C=O) groups excluding carboxylic acids is 2. The Balaban J connectivity index is 1.42. The van der Waals surface area contributed by atoms with Gasteiger partial charge < -0.3 is 14.4 Å². The summed E-state index contributed by atoms with van der Waals surface area (Å²) in [6, 6.07) is 12.2. The standard InChI is InChI=1S/C28H32FN3O4/c1-35-28(34)21-6-10-24(11-7-21)32-25-16-19(18-31-12-14-36-15-13-31)2-3-22(25)17-26(32)30-27(33)20-4-8-23(29)9-5-20/h2-5,8-9,16,21,24H,6-7,10-15,17-18H2,1H3. The van der Waals surface area contributed by atoms with Gasteiger partial charge in [0.05, 0.1) is 26.2 Å². The zero-order valence-corrected chi connectivity index (χ0v) is 20.6. The molecule has 0 atom stereocenters. The van der Waals surface area contributed by atoms with E-state index in [4.69, 9.17) is 9.47 Å². The van der Waals surface area contributed by atoms with E-state index in [0.717, 1.165) is 69.8 Å². The van der Waals surface area contributed by atoms with Crippen molar-refractivity contribution in [1.29, 1.82) is 0 Å². The summed E-state index contributed by atoms with van der Waals surface area (Å²) < 4.78 is 23.8. The Morgan fingerprint density at radius 2 is 1.78 bits per heavy atom. The van der Waals surface area contributed by atoms with Crippen molar-refractivity contribution in [3.63, 3.8) is 0 Å². The number of hydrogen-bond donors (Lipinski definition) is 0. The van der Waals surface area contributed by atoms with E-state index in [1.807, 2.05) is 0 Å². The summed E-state index contributed by atoms with van der Waals surface area (Å²) in [6.07, 6.45) is 3.69. The van der Waals surface area contributed by atoms with Gasteiger partial charge in [0, 0.05) is 43.3 Å². The summed E-state index contributed by atoms with van der Waals surface area (Å²) in [7, 11) is 1.44. The number of nitrogens with zero attached hydrogens (tertiary/aromatic N) is 3. The second-order valence-corrected chi connectivity index (χ2v) is 9.77. The molecule has 1 aliphatic carbocycles. The molecule has 0 radical (unpaired) electrons. The van der Waals surface area contributed by atoms with Crippen molar-refractivity contribution in [2.45, 2.75) is 44.7 Å². The maximum absolute atomic E-state index is 13.4. The number of morpholine rings is 1. The molecule has 0 aromatic heterocycles. The van der Waals surface area contributed by atoms with Crippen molar-refractivity contribution in [3.05, 3.63) is 65.0 Å². The highest BCUT2D eigenvalue weighted by Gasteiger charge is 2.36. The molecule has 5 rings (SSSR count). The lowest BCUT2D eigenvalue weighted by Gasteiger charge is -2.36. The Kier molecular flexibility index (Phi) is 7.43. The van der Waals surface area contributed by atoms with Gasteiger partial charge in [-0.25, -0.2) is 4.39 Å². The number of rotatable bonds is 5. The number of amides is 1. The predicted octanol–water partition coefficient (Wildman–Crippen LogP) is 3.99. The van der Waals surface area contributed by atoms with Crippen LogP contribution in [0.15, 0.2) is 47.5 Å². The van der Waals surface area contributed by atoms with Crippen molar-refractivity contribution < 1.29 is 23.5 Å². The quantitative estimate of drug-likeness (QED) is 0.587. The minimum Gasteiger partial charge on any atom is -0.469 e. The van der Waals surface area contributed by atoms with E-state index in [0.29, 0.717) is 17.8 Å². The third-order valence-corrected chi connectivity index (χ3v) is 7.46. The first-order chi connectivity index (χ1) is 17.5. The average molecular weight is 494 g/mol. The molecule has 2 aromatic rings. The van der Waals surface area contributed by atoms with Gasteiger partial charge in [0.25, 0.3) is 5.91 Å². The monoisotopic (exact) mass is 493 g/mol. The van der Waals surface area contributed by atoms with Gasteiger partial charge in [-0.2, -0.15) is 4.99 Å². The van der Waals surface area contributed by atoms with Crippen LogP contribution in [0.5, 0.6) is 0 Å². The van der Waals surface area contributed by atoms with E-state index in [1.54, 1.807) is 0 Å². The third-order valence-electron chi connectivity index (χ3n) is 7.46. The van der Waals surface area contributed by atoms with E-state index in [9.17, 15) is 14.0 Å². The summed E-state index contributed by atoms with van der Waals surface area (Å²) in [5.74, 6) is -0.279. The Hall–Kier alpha value is -3.10. The molecule has 2 aliphatic heterocycles. The van der Waals surface area contributed by atoms with Gasteiger partial charge in [0.2, 0.25) is 0 Å². The van der Waals surface area contributed by atoms with Crippen LogP contribution in [0.2, 0.25) is 0 Å². The highest BCUT2D eigenvalue weighted by Crippen LogP contribution is 2.38. The molecule has 0 bridgehead atoms. The molecule has 1 saturated heterocycles. The number of carbonyl (C=O) groups is 2. The molecule has 2 aromatic carbocycles. The molecule has 190 valence electrons. The van der Waals surface area contributed by atoms with E-state index in [1.165, 1.54) is 36.9 Å². The Morgan fingerprint density at radius 3 is 2.47 bits per heavy atom. The van der Waals surface area contributed by atoms with Crippen LogP contribution < -0.4 is 4.90 Å². The SMILES string of the molecule is COC(=O)C1CCC(N2C(=NC(=O)c3ccc(F)cc3)Cc3ccc(CN4CCOCC4)cc32)CC1. The smallest absolute Gasteiger partial charge is 0.308 e. The second kappa shape index (κ2) is 10.9. The maximum atomic E-state index is 13.4. The Labute approximate surface area is 210 Å². The molecule has 8 heteroatoms. The molecule has 2 fully saturated rings. The lowest BCUT2D eigenvalue weighted by molar-refractivity contribution is -0.146. The van der Waals surface area contributed by atoms with Gasteiger partial charge >= 0.3 is 5.97 Å². The molecular formula is C28H32FN3O4. The molecule has 3 aliphatic rings. The van der Waals surface area contributed by atoms with Crippen molar-refractivity contribution in [2.24, 2.45) is 10.9 Å². The lowest BCUT2D eigenvalue weighted by atomic mass is 9.85. The van der Waals surface area contributed by atoms with Crippen LogP contribution in [0, 0.1) is 11.7 Å². The molecular weight excluding hydrogens is 461 g/mol. The van der Waals surface area contributed by atoms with Crippen LogP contribution in [-0.4, -0.2) is 62.1 Å². The molecule has 1 amide bonds. The zero-order valence-electron chi connectivity index (χ0n) is 20.6. The first kappa shape index (κ1) is 24.6. The van der Waals surface area contributed by atoms with Gasteiger partial charge in [0.15, 0.2) is 0 Å². The van der Waals surface area contributed by atoms with Crippen molar-refractivity contribution in [1.82, 2.24) is 4.90 Å².